The van der Waals surface area contributed by atoms with Crippen molar-refractivity contribution in [2.75, 3.05) is 5.73 Å². The van der Waals surface area contributed by atoms with E-state index in [1.165, 1.54) is 12.1 Å². The van der Waals surface area contributed by atoms with E-state index in [9.17, 15) is 13.6 Å². The molecule has 5 nitrogen and oxygen atoms in total. The van der Waals surface area contributed by atoms with Crippen molar-refractivity contribution < 1.29 is 18.3 Å². The number of nitrogens with zero attached hydrogens (tertiary/aromatic N) is 1. The monoisotopic (exact) mass is 319 g/mol. The summed E-state index contributed by atoms with van der Waals surface area (Å²) in [5.41, 5.74) is 9.91. The Balaban J connectivity index is 2.07. The molecule has 0 saturated carbocycles. The van der Waals surface area contributed by atoms with E-state index in [1.54, 1.807) is 43.3 Å². The van der Waals surface area contributed by atoms with Crippen LogP contribution < -0.4 is 15.9 Å². The molecule has 0 aromatic heterocycles. The van der Waals surface area contributed by atoms with E-state index in [0.717, 1.165) is 0 Å². The molecular weight excluding hydrogens is 304 g/mol. The van der Waals surface area contributed by atoms with E-state index >= 15 is 0 Å². The smallest absolute Gasteiger partial charge is 0.387 e. The highest BCUT2D eigenvalue weighted by atomic mass is 19.3. The number of rotatable bonds is 5. The van der Waals surface area contributed by atoms with Crippen molar-refractivity contribution >= 4 is 17.3 Å². The van der Waals surface area contributed by atoms with Gasteiger partial charge in [-0.1, -0.05) is 12.1 Å². The molecule has 0 aliphatic heterocycles. The van der Waals surface area contributed by atoms with E-state index in [2.05, 4.69) is 15.3 Å². The molecule has 0 bridgehead atoms. The van der Waals surface area contributed by atoms with Crippen LogP contribution in [0.3, 0.4) is 0 Å². The van der Waals surface area contributed by atoms with Crippen LogP contribution in [0.1, 0.15) is 22.8 Å². The predicted molar refractivity (Wildman–Crippen MR) is 83.6 cm³/mol. The number of halogens is 2. The van der Waals surface area contributed by atoms with Crippen LogP contribution in [0.2, 0.25) is 0 Å². The minimum absolute atomic E-state index is 0.0249. The minimum atomic E-state index is -2.90. The number of nitrogen functional groups attached to an aromatic ring is 1. The van der Waals surface area contributed by atoms with Crippen molar-refractivity contribution in [3.05, 3.63) is 59.7 Å². The molecule has 7 heteroatoms. The molecule has 0 radical (unpaired) electrons. The number of ether oxygens (including phenoxy) is 1. The molecule has 0 aliphatic rings. The average Bonchev–Trinajstić information content (AvgIpc) is 2.52. The predicted octanol–water partition coefficient (Wildman–Crippen LogP) is 3.02. The van der Waals surface area contributed by atoms with Gasteiger partial charge in [0.2, 0.25) is 0 Å². The van der Waals surface area contributed by atoms with Crippen LogP contribution in [0.5, 0.6) is 5.75 Å². The van der Waals surface area contributed by atoms with Gasteiger partial charge in [-0.05, 0) is 43.3 Å². The lowest BCUT2D eigenvalue weighted by molar-refractivity contribution is -0.0498. The molecule has 23 heavy (non-hydrogen) atoms. The molecule has 0 atom stereocenters. The molecular formula is C16H15F2N3O2. The molecule has 2 rings (SSSR count). The zero-order valence-electron chi connectivity index (χ0n) is 12.3. The number of hydrogen-bond donors (Lipinski definition) is 2. The third-order valence-corrected chi connectivity index (χ3v) is 2.98. The van der Waals surface area contributed by atoms with Gasteiger partial charge in [0.1, 0.15) is 5.75 Å². The number of nitrogens with one attached hydrogen (secondary N) is 1. The number of hydrazone groups is 1. The summed E-state index contributed by atoms with van der Waals surface area (Å²) < 4.78 is 28.7. The molecule has 2 aromatic rings. The fourth-order valence-corrected chi connectivity index (χ4v) is 1.80. The fraction of sp³-hybridized carbons (Fsp3) is 0.125. The maximum absolute atomic E-state index is 12.2. The SMILES string of the molecule is C/C(=N\NC(=O)c1ccc(N)cc1)c1cccc(OC(F)F)c1. The molecule has 0 saturated heterocycles. The van der Waals surface area contributed by atoms with Gasteiger partial charge >= 0.3 is 6.61 Å². The van der Waals surface area contributed by atoms with Crippen molar-refractivity contribution in [1.82, 2.24) is 5.43 Å². The summed E-state index contributed by atoms with van der Waals surface area (Å²) in [6.45, 7) is -1.25. The van der Waals surface area contributed by atoms with Crippen LogP contribution in [-0.2, 0) is 0 Å². The summed E-state index contributed by atoms with van der Waals surface area (Å²) in [4.78, 5) is 11.9. The standard InChI is InChI=1S/C16H15F2N3O2/c1-10(12-3-2-4-14(9-12)23-16(17)18)20-21-15(22)11-5-7-13(19)8-6-11/h2-9,16H,19H2,1H3,(H,21,22)/b20-10+. The highest BCUT2D eigenvalue weighted by Gasteiger charge is 2.07. The Hall–Kier alpha value is -2.96. The topological polar surface area (TPSA) is 76.7 Å². The van der Waals surface area contributed by atoms with Gasteiger partial charge in [0.15, 0.2) is 0 Å². The number of carbonyl (C=O) groups excluding carboxylic acids is 1. The van der Waals surface area contributed by atoms with E-state index in [-0.39, 0.29) is 5.75 Å². The Labute approximate surface area is 131 Å². The first-order chi connectivity index (χ1) is 11.0. The maximum Gasteiger partial charge on any atom is 0.387 e. The first-order valence-corrected chi connectivity index (χ1v) is 6.71. The van der Waals surface area contributed by atoms with E-state index in [4.69, 9.17) is 5.73 Å². The molecule has 1 amide bonds. The Bertz CT molecular complexity index is 716. The Morgan fingerprint density at radius 1 is 1.17 bits per heavy atom. The number of hydrogen-bond acceptors (Lipinski definition) is 4. The van der Waals surface area contributed by atoms with Gasteiger partial charge in [0, 0.05) is 16.8 Å². The third kappa shape index (κ3) is 4.77. The Morgan fingerprint density at radius 2 is 1.87 bits per heavy atom. The van der Waals surface area contributed by atoms with Crippen molar-refractivity contribution in [1.29, 1.82) is 0 Å². The first kappa shape index (κ1) is 16.4. The van der Waals surface area contributed by atoms with Gasteiger partial charge in [0.25, 0.3) is 5.91 Å². The van der Waals surface area contributed by atoms with Crippen molar-refractivity contribution in [3.8, 4) is 5.75 Å². The number of anilines is 1. The highest BCUT2D eigenvalue weighted by molar-refractivity contribution is 6.01. The summed E-state index contributed by atoms with van der Waals surface area (Å²) in [6, 6.07) is 12.4. The molecule has 0 fully saturated rings. The van der Waals surface area contributed by atoms with Gasteiger partial charge in [-0.2, -0.15) is 13.9 Å². The first-order valence-electron chi connectivity index (χ1n) is 6.71. The number of alkyl halides is 2. The number of carbonyl (C=O) groups is 1. The van der Waals surface area contributed by atoms with Crippen LogP contribution in [0.25, 0.3) is 0 Å². The zero-order valence-corrected chi connectivity index (χ0v) is 12.3. The van der Waals surface area contributed by atoms with Crippen molar-refractivity contribution in [2.24, 2.45) is 5.10 Å². The van der Waals surface area contributed by atoms with Crippen LogP contribution in [-0.4, -0.2) is 18.2 Å². The van der Waals surface area contributed by atoms with Gasteiger partial charge in [-0.3, -0.25) is 4.79 Å². The van der Waals surface area contributed by atoms with Gasteiger partial charge in [-0.25, -0.2) is 5.43 Å². The van der Waals surface area contributed by atoms with E-state index in [1.807, 2.05) is 0 Å². The third-order valence-electron chi connectivity index (χ3n) is 2.98. The van der Waals surface area contributed by atoms with Crippen LogP contribution in [0, 0.1) is 0 Å². The van der Waals surface area contributed by atoms with Crippen LogP contribution >= 0.6 is 0 Å². The lowest BCUT2D eigenvalue weighted by Gasteiger charge is -2.07. The number of benzene rings is 2. The fourth-order valence-electron chi connectivity index (χ4n) is 1.80. The summed E-state index contributed by atoms with van der Waals surface area (Å²) in [6.07, 6.45) is 0. The summed E-state index contributed by atoms with van der Waals surface area (Å²) in [7, 11) is 0. The molecule has 2 aromatic carbocycles. The van der Waals surface area contributed by atoms with Crippen LogP contribution in [0.15, 0.2) is 53.6 Å². The lowest BCUT2D eigenvalue weighted by atomic mass is 10.1. The normalized spacial score (nSPS) is 11.4. The van der Waals surface area contributed by atoms with Crippen molar-refractivity contribution in [3.63, 3.8) is 0 Å². The Kier molecular flexibility index (Phi) is 5.24. The minimum Gasteiger partial charge on any atom is -0.435 e. The van der Waals surface area contributed by atoms with Crippen LogP contribution in [0.4, 0.5) is 14.5 Å². The second-order valence-electron chi connectivity index (χ2n) is 4.67. The molecule has 0 unspecified atom stereocenters. The van der Waals surface area contributed by atoms with E-state index in [0.29, 0.717) is 22.5 Å². The average molecular weight is 319 g/mol. The maximum atomic E-state index is 12.2. The quantitative estimate of drug-likeness (QED) is 0.505. The molecule has 3 N–H and O–H groups in total. The largest absolute Gasteiger partial charge is 0.435 e. The highest BCUT2D eigenvalue weighted by Crippen LogP contribution is 2.16. The van der Waals surface area contributed by atoms with Crippen molar-refractivity contribution in [2.45, 2.75) is 13.5 Å². The second kappa shape index (κ2) is 7.35. The number of nitrogens with two attached hydrogens (primary N) is 1. The molecule has 0 aliphatic carbocycles. The molecule has 0 heterocycles. The second-order valence-corrected chi connectivity index (χ2v) is 4.67. The lowest BCUT2D eigenvalue weighted by Crippen LogP contribution is -2.19. The van der Waals surface area contributed by atoms with Gasteiger partial charge in [0.05, 0.1) is 5.71 Å². The molecule has 120 valence electrons. The van der Waals surface area contributed by atoms with E-state index < -0.39 is 12.5 Å². The Morgan fingerprint density at radius 3 is 2.52 bits per heavy atom. The summed E-state index contributed by atoms with van der Waals surface area (Å²) >= 11 is 0. The zero-order chi connectivity index (χ0) is 16.8. The van der Waals surface area contributed by atoms with Gasteiger partial charge in [-0.15, -0.1) is 0 Å². The summed E-state index contributed by atoms with van der Waals surface area (Å²) in [5.74, 6) is -0.374. The van der Waals surface area contributed by atoms with Gasteiger partial charge < -0.3 is 10.5 Å². The summed E-state index contributed by atoms with van der Waals surface area (Å²) in [5, 5.41) is 3.96. The molecule has 0 spiro atoms. The number of amides is 1.